The van der Waals surface area contributed by atoms with Gasteiger partial charge in [0.15, 0.2) is 0 Å². The van der Waals surface area contributed by atoms with Crippen molar-refractivity contribution in [2.45, 2.75) is 6.42 Å². The van der Waals surface area contributed by atoms with Crippen molar-refractivity contribution in [1.29, 1.82) is 0 Å². The number of aromatic nitrogens is 2. The SMILES string of the molecule is Nc1[nH]ncc1C#CCC(=O)O. The average Bonchev–Trinajstić information content (AvgIpc) is 2.36. The molecule has 4 N–H and O–H groups in total. The fraction of sp³-hybridized carbons (Fsp3) is 0.143. The number of hydrogen-bond donors (Lipinski definition) is 3. The summed E-state index contributed by atoms with van der Waals surface area (Å²) in [6.07, 6.45) is 1.26. The summed E-state index contributed by atoms with van der Waals surface area (Å²) in [7, 11) is 0. The number of aliphatic carboxylic acids is 1. The summed E-state index contributed by atoms with van der Waals surface area (Å²) in [6, 6.07) is 0. The minimum absolute atomic E-state index is 0.190. The Balaban J connectivity index is 2.67. The predicted octanol–water partition coefficient (Wildman–Crippen LogP) is -0.182. The van der Waals surface area contributed by atoms with Crippen molar-refractivity contribution < 1.29 is 9.90 Å². The van der Waals surface area contributed by atoms with Gasteiger partial charge in [0.25, 0.3) is 0 Å². The molecule has 5 nitrogen and oxygen atoms in total. The van der Waals surface area contributed by atoms with Crippen LogP contribution in [0.4, 0.5) is 5.82 Å². The van der Waals surface area contributed by atoms with E-state index >= 15 is 0 Å². The molecule has 0 bridgehead atoms. The topological polar surface area (TPSA) is 92.0 Å². The first-order valence-electron chi connectivity index (χ1n) is 3.19. The van der Waals surface area contributed by atoms with E-state index in [9.17, 15) is 4.79 Å². The van der Waals surface area contributed by atoms with Gasteiger partial charge in [-0.05, 0) is 0 Å². The summed E-state index contributed by atoms with van der Waals surface area (Å²) in [5.74, 6) is 4.41. The number of nitrogens with zero attached hydrogens (tertiary/aromatic N) is 1. The Morgan fingerprint density at radius 1 is 1.83 bits per heavy atom. The van der Waals surface area contributed by atoms with Crippen LogP contribution in [0.5, 0.6) is 0 Å². The van der Waals surface area contributed by atoms with Crippen molar-refractivity contribution >= 4 is 11.8 Å². The Bertz CT molecular complexity index is 345. The van der Waals surface area contributed by atoms with E-state index < -0.39 is 5.97 Å². The van der Waals surface area contributed by atoms with E-state index in [4.69, 9.17) is 10.8 Å². The maximum atomic E-state index is 10.1. The summed E-state index contributed by atoms with van der Waals surface area (Å²) in [6.45, 7) is 0. The summed E-state index contributed by atoms with van der Waals surface area (Å²) >= 11 is 0. The van der Waals surface area contributed by atoms with Crippen LogP contribution in [0.25, 0.3) is 0 Å². The van der Waals surface area contributed by atoms with Gasteiger partial charge in [-0.2, -0.15) is 5.10 Å². The summed E-state index contributed by atoms with van der Waals surface area (Å²) in [4.78, 5) is 10.1. The maximum absolute atomic E-state index is 10.1. The molecule has 0 atom stereocenters. The first-order valence-corrected chi connectivity index (χ1v) is 3.19. The van der Waals surface area contributed by atoms with Gasteiger partial charge in [0.2, 0.25) is 0 Å². The van der Waals surface area contributed by atoms with Gasteiger partial charge >= 0.3 is 5.97 Å². The van der Waals surface area contributed by atoms with E-state index in [0.29, 0.717) is 11.4 Å². The number of aromatic amines is 1. The molecule has 0 amide bonds. The number of carboxylic acids is 1. The van der Waals surface area contributed by atoms with Crippen LogP contribution in [0.2, 0.25) is 0 Å². The van der Waals surface area contributed by atoms with E-state index in [1.54, 1.807) is 0 Å². The van der Waals surface area contributed by atoms with E-state index in [1.165, 1.54) is 6.20 Å². The molecule has 0 aliphatic carbocycles. The van der Waals surface area contributed by atoms with E-state index in [1.807, 2.05) is 0 Å². The Morgan fingerprint density at radius 2 is 2.58 bits per heavy atom. The number of nitrogens with two attached hydrogens (primary N) is 1. The molecular formula is C7H7N3O2. The van der Waals surface area contributed by atoms with Gasteiger partial charge in [-0.1, -0.05) is 11.8 Å². The largest absolute Gasteiger partial charge is 0.481 e. The Hall–Kier alpha value is -1.96. The lowest BCUT2D eigenvalue weighted by molar-refractivity contribution is -0.135. The third-order valence-electron chi connectivity index (χ3n) is 1.13. The maximum Gasteiger partial charge on any atom is 0.315 e. The molecule has 0 fully saturated rings. The zero-order valence-corrected chi connectivity index (χ0v) is 6.16. The van der Waals surface area contributed by atoms with Crippen LogP contribution in [0.3, 0.4) is 0 Å². The molecule has 0 radical (unpaired) electrons. The fourth-order valence-corrected chi connectivity index (χ4v) is 0.611. The van der Waals surface area contributed by atoms with Crippen LogP contribution in [0.1, 0.15) is 12.0 Å². The standard InChI is InChI=1S/C7H7N3O2/c8-7-5(4-9-10-7)2-1-3-6(11)12/h4H,3H2,(H,11,12)(H3,8,9,10). The van der Waals surface area contributed by atoms with Crippen molar-refractivity contribution in [3.05, 3.63) is 11.8 Å². The van der Waals surface area contributed by atoms with Gasteiger partial charge in [0, 0.05) is 0 Å². The second kappa shape index (κ2) is 3.44. The molecule has 0 unspecified atom stereocenters. The fourth-order valence-electron chi connectivity index (χ4n) is 0.611. The molecule has 12 heavy (non-hydrogen) atoms. The van der Waals surface area contributed by atoms with E-state index in [2.05, 4.69) is 22.0 Å². The number of anilines is 1. The average molecular weight is 165 g/mol. The van der Waals surface area contributed by atoms with Crippen molar-refractivity contribution in [1.82, 2.24) is 10.2 Å². The smallest absolute Gasteiger partial charge is 0.315 e. The molecule has 5 heteroatoms. The first kappa shape index (κ1) is 8.14. The lowest BCUT2D eigenvalue weighted by Crippen LogP contribution is -1.91. The van der Waals surface area contributed by atoms with Crippen molar-refractivity contribution in [3.63, 3.8) is 0 Å². The third-order valence-corrected chi connectivity index (χ3v) is 1.13. The molecule has 62 valence electrons. The molecule has 0 aliphatic rings. The minimum Gasteiger partial charge on any atom is -0.481 e. The van der Waals surface area contributed by atoms with Crippen molar-refractivity contribution in [2.24, 2.45) is 0 Å². The number of hydrogen-bond acceptors (Lipinski definition) is 3. The quantitative estimate of drug-likeness (QED) is 0.503. The molecule has 1 rings (SSSR count). The summed E-state index contributed by atoms with van der Waals surface area (Å²) in [5.41, 5.74) is 5.91. The zero-order chi connectivity index (χ0) is 8.97. The van der Waals surface area contributed by atoms with Gasteiger partial charge in [0.05, 0.1) is 11.8 Å². The number of carbonyl (C=O) groups is 1. The molecule has 0 saturated heterocycles. The van der Waals surface area contributed by atoms with Gasteiger partial charge in [-0.3, -0.25) is 9.89 Å². The summed E-state index contributed by atoms with van der Waals surface area (Å²) in [5, 5.41) is 14.4. The highest BCUT2D eigenvalue weighted by Gasteiger charge is 1.95. The lowest BCUT2D eigenvalue weighted by Gasteiger charge is -1.82. The molecule has 1 aromatic heterocycles. The van der Waals surface area contributed by atoms with E-state index in [-0.39, 0.29) is 6.42 Å². The highest BCUT2D eigenvalue weighted by Crippen LogP contribution is 2.02. The molecule has 0 aromatic carbocycles. The van der Waals surface area contributed by atoms with Gasteiger partial charge in [-0.25, -0.2) is 0 Å². The number of H-pyrrole nitrogens is 1. The van der Waals surface area contributed by atoms with Crippen LogP contribution >= 0.6 is 0 Å². The van der Waals surface area contributed by atoms with Crippen LogP contribution in [0.15, 0.2) is 6.20 Å². The second-order valence-corrected chi connectivity index (χ2v) is 2.07. The highest BCUT2D eigenvalue weighted by atomic mass is 16.4. The molecule has 1 heterocycles. The second-order valence-electron chi connectivity index (χ2n) is 2.07. The molecule has 0 spiro atoms. The normalized spacial score (nSPS) is 8.67. The van der Waals surface area contributed by atoms with Gasteiger partial charge in [0.1, 0.15) is 12.2 Å². The van der Waals surface area contributed by atoms with Crippen molar-refractivity contribution in [2.75, 3.05) is 5.73 Å². The Morgan fingerprint density at radius 3 is 3.08 bits per heavy atom. The van der Waals surface area contributed by atoms with E-state index in [0.717, 1.165) is 0 Å². The molecular weight excluding hydrogens is 158 g/mol. The Kier molecular flexibility index (Phi) is 2.33. The molecule has 0 aliphatic heterocycles. The van der Waals surface area contributed by atoms with Gasteiger partial charge < -0.3 is 10.8 Å². The van der Waals surface area contributed by atoms with Gasteiger partial charge in [-0.15, -0.1) is 0 Å². The number of nitrogens with one attached hydrogen (secondary N) is 1. The number of rotatable bonds is 1. The monoisotopic (exact) mass is 165 g/mol. The molecule has 1 aromatic rings. The van der Waals surface area contributed by atoms with Crippen LogP contribution < -0.4 is 5.73 Å². The minimum atomic E-state index is -0.954. The zero-order valence-electron chi connectivity index (χ0n) is 6.16. The number of carboxylic acid groups (broad SMARTS) is 1. The summed E-state index contributed by atoms with van der Waals surface area (Å²) < 4.78 is 0. The third kappa shape index (κ3) is 2.02. The lowest BCUT2D eigenvalue weighted by atomic mass is 10.3. The van der Waals surface area contributed by atoms with Crippen LogP contribution in [0, 0.1) is 11.8 Å². The van der Waals surface area contributed by atoms with Crippen molar-refractivity contribution in [3.8, 4) is 11.8 Å². The highest BCUT2D eigenvalue weighted by molar-refractivity contribution is 5.70. The number of nitrogen functional groups attached to an aromatic ring is 1. The molecule has 0 saturated carbocycles. The first-order chi connectivity index (χ1) is 5.70. The predicted molar refractivity (Wildman–Crippen MR) is 42.1 cm³/mol. The Labute approximate surface area is 68.6 Å². The van der Waals surface area contributed by atoms with Crippen LogP contribution in [-0.2, 0) is 4.79 Å². The van der Waals surface area contributed by atoms with Crippen LogP contribution in [-0.4, -0.2) is 21.3 Å².